The minimum atomic E-state index is 0.557. The Hall–Kier alpha value is -3.56. The molecule has 0 amide bonds. The van der Waals surface area contributed by atoms with Crippen LogP contribution in [0.2, 0.25) is 0 Å². The molecule has 1 saturated carbocycles. The molecular formula is C28H32N6. The van der Waals surface area contributed by atoms with Gasteiger partial charge in [0.2, 0.25) is 0 Å². The van der Waals surface area contributed by atoms with Crippen LogP contribution in [0.4, 0.5) is 11.4 Å². The number of pyridine rings is 1. The number of hydrogen-bond donors (Lipinski definition) is 3. The summed E-state index contributed by atoms with van der Waals surface area (Å²) < 4.78 is 2.20. The number of anilines is 2. The summed E-state index contributed by atoms with van der Waals surface area (Å²) in [7, 11) is 4.04. The third-order valence-corrected chi connectivity index (χ3v) is 7.18. The molecule has 0 unspecified atom stereocenters. The van der Waals surface area contributed by atoms with Crippen LogP contribution >= 0.6 is 0 Å². The first-order valence-electron chi connectivity index (χ1n) is 12.2. The van der Waals surface area contributed by atoms with Gasteiger partial charge in [-0.1, -0.05) is 6.07 Å². The molecule has 0 radical (unpaired) electrons. The Labute approximate surface area is 201 Å². The fraction of sp³-hybridized carbons (Fsp3) is 0.357. The maximum absolute atomic E-state index is 9.32. The summed E-state index contributed by atoms with van der Waals surface area (Å²) >= 11 is 0. The molecule has 3 N–H and O–H groups in total. The molecule has 0 bridgehead atoms. The molecule has 1 fully saturated rings. The molecule has 6 nitrogen and oxygen atoms in total. The summed E-state index contributed by atoms with van der Waals surface area (Å²) in [4.78, 5) is 4.57. The van der Waals surface area contributed by atoms with Crippen molar-refractivity contribution in [3.8, 4) is 6.07 Å². The summed E-state index contributed by atoms with van der Waals surface area (Å²) in [6.45, 7) is 1.78. The van der Waals surface area contributed by atoms with Crippen LogP contribution in [0.3, 0.4) is 0 Å². The van der Waals surface area contributed by atoms with Gasteiger partial charge in [0.15, 0.2) is 0 Å². The first-order valence-corrected chi connectivity index (χ1v) is 12.2. The molecule has 0 saturated heterocycles. The Morgan fingerprint density at radius 1 is 1.09 bits per heavy atom. The Kier molecular flexibility index (Phi) is 6.37. The maximum Gasteiger partial charge on any atom is 0.0991 e. The molecule has 4 aromatic rings. The lowest BCUT2D eigenvalue weighted by molar-refractivity contribution is 0.347. The molecule has 0 spiro atoms. The van der Waals surface area contributed by atoms with Crippen LogP contribution in [0.25, 0.3) is 21.8 Å². The average molecular weight is 453 g/mol. The highest BCUT2D eigenvalue weighted by molar-refractivity contribution is 5.93. The van der Waals surface area contributed by atoms with Crippen LogP contribution < -0.4 is 16.0 Å². The number of nitriles is 1. The summed E-state index contributed by atoms with van der Waals surface area (Å²) in [5.74, 6) is 0.565. The fourth-order valence-electron chi connectivity index (χ4n) is 5.37. The van der Waals surface area contributed by atoms with Gasteiger partial charge in [0, 0.05) is 67.6 Å². The normalized spacial score (nSPS) is 18.1. The van der Waals surface area contributed by atoms with Gasteiger partial charge in [-0.3, -0.25) is 4.98 Å². The summed E-state index contributed by atoms with van der Waals surface area (Å²) in [6.07, 6.45) is 8.84. The molecule has 2 aromatic carbocycles. The van der Waals surface area contributed by atoms with Crippen molar-refractivity contribution in [3.05, 3.63) is 66.0 Å². The lowest BCUT2D eigenvalue weighted by Gasteiger charge is -2.29. The van der Waals surface area contributed by atoms with Crippen LogP contribution in [0.15, 0.2) is 54.9 Å². The third kappa shape index (κ3) is 4.44. The van der Waals surface area contributed by atoms with Gasteiger partial charge in [-0.05, 0) is 73.6 Å². The Morgan fingerprint density at radius 3 is 2.74 bits per heavy atom. The first kappa shape index (κ1) is 22.2. The molecule has 2 heterocycles. The molecule has 174 valence electrons. The van der Waals surface area contributed by atoms with Gasteiger partial charge in [-0.2, -0.15) is 5.26 Å². The van der Waals surface area contributed by atoms with Gasteiger partial charge < -0.3 is 20.5 Å². The van der Waals surface area contributed by atoms with Gasteiger partial charge in [-0.25, -0.2) is 0 Å². The Morgan fingerprint density at radius 2 is 1.94 bits per heavy atom. The van der Waals surface area contributed by atoms with Gasteiger partial charge >= 0.3 is 0 Å². The van der Waals surface area contributed by atoms with E-state index >= 15 is 0 Å². The Balaban J connectivity index is 1.16. The second kappa shape index (κ2) is 9.74. The number of fused-ring (bicyclic) bond motifs is 2. The minimum absolute atomic E-state index is 0.557. The second-order valence-corrected chi connectivity index (χ2v) is 9.32. The molecule has 5 rings (SSSR count). The smallest absolute Gasteiger partial charge is 0.0991 e. The predicted octanol–water partition coefficient (Wildman–Crippen LogP) is 5.37. The van der Waals surface area contributed by atoms with E-state index in [-0.39, 0.29) is 0 Å². The fourth-order valence-corrected chi connectivity index (χ4v) is 5.37. The van der Waals surface area contributed by atoms with Crippen molar-refractivity contribution in [2.24, 2.45) is 7.05 Å². The highest BCUT2D eigenvalue weighted by Gasteiger charge is 2.24. The van der Waals surface area contributed by atoms with E-state index < -0.39 is 0 Å². The highest BCUT2D eigenvalue weighted by atomic mass is 15.0. The lowest BCUT2D eigenvalue weighted by Crippen LogP contribution is -2.35. The van der Waals surface area contributed by atoms with Crippen molar-refractivity contribution >= 4 is 33.2 Å². The molecule has 6 heteroatoms. The van der Waals surface area contributed by atoms with Crippen molar-refractivity contribution < 1.29 is 0 Å². The molecule has 1 aliphatic rings. The second-order valence-electron chi connectivity index (χ2n) is 9.32. The zero-order chi connectivity index (χ0) is 23.5. The van der Waals surface area contributed by atoms with E-state index in [0.29, 0.717) is 12.0 Å². The van der Waals surface area contributed by atoms with E-state index in [1.165, 1.54) is 42.1 Å². The van der Waals surface area contributed by atoms with E-state index in [0.717, 1.165) is 40.9 Å². The van der Waals surface area contributed by atoms with Crippen LogP contribution in [0, 0.1) is 11.3 Å². The van der Waals surface area contributed by atoms with Crippen molar-refractivity contribution in [2.75, 3.05) is 30.8 Å². The maximum atomic E-state index is 9.32. The van der Waals surface area contributed by atoms with Gasteiger partial charge in [0.25, 0.3) is 0 Å². The number of aromatic nitrogens is 2. The quantitative estimate of drug-likeness (QED) is 0.329. The molecule has 1 aliphatic carbocycles. The zero-order valence-corrected chi connectivity index (χ0v) is 19.9. The largest absolute Gasteiger partial charge is 0.388 e. The van der Waals surface area contributed by atoms with E-state index in [4.69, 9.17) is 0 Å². The zero-order valence-electron chi connectivity index (χ0n) is 19.9. The van der Waals surface area contributed by atoms with Gasteiger partial charge in [-0.15, -0.1) is 0 Å². The average Bonchev–Trinajstić information content (AvgIpc) is 3.22. The molecular weight excluding hydrogens is 420 g/mol. The summed E-state index contributed by atoms with van der Waals surface area (Å²) in [6, 6.07) is 17.2. The minimum Gasteiger partial charge on any atom is -0.388 e. The molecule has 34 heavy (non-hydrogen) atoms. The summed E-state index contributed by atoms with van der Waals surface area (Å²) in [5, 5.41) is 22.3. The third-order valence-electron chi connectivity index (χ3n) is 7.18. The standard InChI is InChI=1S/C28H32N6/c1-30-23-15-21-4-3-11-33-28(21)26(16-23)32-13-12-31-22-8-6-20(7-9-22)25-18-34(2)27-10-5-19(17-29)14-24(25)27/h3-5,10-11,14-16,18,20,22,30-32H,6-9,12-13H2,1-2H3. The number of nitrogens with one attached hydrogen (secondary N) is 3. The summed E-state index contributed by atoms with van der Waals surface area (Å²) in [5.41, 5.74) is 6.52. The number of benzene rings is 2. The van der Waals surface area contributed by atoms with Crippen molar-refractivity contribution in [1.82, 2.24) is 14.9 Å². The van der Waals surface area contributed by atoms with Crippen LogP contribution in [-0.2, 0) is 7.05 Å². The van der Waals surface area contributed by atoms with Gasteiger partial charge in [0.1, 0.15) is 0 Å². The molecule has 0 aliphatic heterocycles. The number of nitrogens with zero attached hydrogens (tertiary/aromatic N) is 3. The van der Waals surface area contributed by atoms with E-state index in [9.17, 15) is 5.26 Å². The Bertz CT molecular complexity index is 1340. The van der Waals surface area contributed by atoms with E-state index in [1.807, 2.05) is 25.4 Å². The number of rotatable bonds is 7. The van der Waals surface area contributed by atoms with E-state index in [1.54, 1.807) is 0 Å². The molecule has 2 aromatic heterocycles. The highest BCUT2D eigenvalue weighted by Crippen LogP contribution is 2.37. The SMILES string of the molecule is CNc1cc(NCCNC2CCC(c3cn(C)c4ccc(C#N)cc34)CC2)c2ncccc2c1. The van der Waals surface area contributed by atoms with Crippen LogP contribution in [-0.4, -0.2) is 35.7 Å². The topological polar surface area (TPSA) is 77.7 Å². The van der Waals surface area contributed by atoms with Gasteiger partial charge in [0.05, 0.1) is 22.8 Å². The lowest BCUT2D eigenvalue weighted by atomic mass is 9.81. The van der Waals surface area contributed by atoms with Crippen molar-refractivity contribution in [3.63, 3.8) is 0 Å². The van der Waals surface area contributed by atoms with Crippen molar-refractivity contribution in [1.29, 1.82) is 5.26 Å². The number of aryl methyl sites for hydroxylation is 1. The van der Waals surface area contributed by atoms with E-state index in [2.05, 4.69) is 75.1 Å². The number of hydrogen-bond acceptors (Lipinski definition) is 5. The van der Waals surface area contributed by atoms with Crippen LogP contribution in [0.5, 0.6) is 0 Å². The van der Waals surface area contributed by atoms with Crippen LogP contribution in [0.1, 0.15) is 42.7 Å². The predicted molar refractivity (Wildman–Crippen MR) is 140 cm³/mol. The van der Waals surface area contributed by atoms with Crippen molar-refractivity contribution in [2.45, 2.75) is 37.6 Å². The first-order chi connectivity index (χ1) is 16.7. The molecule has 0 atom stereocenters. The monoisotopic (exact) mass is 452 g/mol.